The van der Waals surface area contributed by atoms with Gasteiger partial charge >= 0.3 is 0 Å². The number of piperidine rings is 1. The third-order valence-electron chi connectivity index (χ3n) is 3.07. The number of hydrogen-bond acceptors (Lipinski definition) is 2. The van der Waals surface area contributed by atoms with Crippen molar-refractivity contribution in [2.75, 3.05) is 18.4 Å². The Hall–Kier alpha value is -0.730. The molecule has 1 saturated heterocycles. The summed E-state index contributed by atoms with van der Waals surface area (Å²) in [5.74, 6) is 0. The van der Waals surface area contributed by atoms with E-state index in [9.17, 15) is 0 Å². The molecule has 88 valence electrons. The first kappa shape index (κ1) is 11.7. The van der Waals surface area contributed by atoms with Gasteiger partial charge in [0.15, 0.2) is 0 Å². The molecule has 1 fully saturated rings. The lowest BCUT2D eigenvalue weighted by molar-refractivity contribution is 0.414. The third kappa shape index (κ3) is 3.13. The largest absolute Gasteiger partial charge is 0.382 e. The monoisotopic (exact) mass is 238 g/mol. The molecule has 1 aliphatic heterocycles. The normalized spacial score (nSPS) is 20.8. The number of anilines is 1. The zero-order valence-corrected chi connectivity index (χ0v) is 10.5. The van der Waals surface area contributed by atoms with Gasteiger partial charge in [-0.15, -0.1) is 0 Å². The first-order chi connectivity index (χ1) is 7.75. The van der Waals surface area contributed by atoms with E-state index in [-0.39, 0.29) is 0 Å². The van der Waals surface area contributed by atoms with Gasteiger partial charge in [-0.05, 0) is 44.0 Å². The fourth-order valence-corrected chi connectivity index (χ4v) is 2.29. The van der Waals surface area contributed by atoms with Gasteiger partial charge < -0.3 is 10.6 Å². The second-order valence-corrected chi connectivity index (χ2v) is 4.92. The van der Waals surface area contributed by atoms with Crippen LogP contribution in [0.25, 0.3) is 0 Å². The van der Waals surface area contributed by atoms with Crippen LogP contribution in [-0.2, 0) is 0 Å². The van der Waals surface area contributed by atoms with Gasteiger partial charge in [0, 0.05) is 12.6 Å². The van der Waals surface area contributed by atoms with E-state index in [0.29, 0.717) is 6.04 Å². The molecular formula is C13H19ClN2. The Kier molecular flexibility index (Phi) is 4.08. The van der Waals surface area contributed by atoms with Gasteiger partial charge in [0.2, 0.25) is 0 Å². The molecule has 3 heteroatoms. The van der Waals surface area contributed by atoms with Crippen LogP contribution in [0.1, 0.15) is 24.8 Å². The number of rotatable bonds is 3. The molecule has 1 aliphatic rings. The third-order valence-corrected chi connectivity index (χ3v) is 3.40. The molecule has 1 unspecified atom stereocenters. The van der Waals surface area contributed by atoms with E-state index in [4.69, 9.17) is 11.6 Å². The van der Waals surface area contributed by atoms with Crippen molar-refractivity contribution in [3.05, 3.63) is 28.8 Å². The fraction of sp³-hybridized carbons (Fsp3) is 0.538. The molecule has 0 spiro atoms. The molecule has 0 aromatic heterocycles. The number of nitrogens with one attached hydrogen (secondary N) is 2. The molecule has 1 heterocycles. The van der Waals surface area contributed by atoms with Gasteiger partial charge in [-0.2, -0.15) is 0 Å². The lowest BCUT2D eigenvalue weighted by Gasteiger charge is -2.24. The number of aryl methyl sites for hydroxylation is 1. The van der Waals surface area contributed by atoms with E-state index in [1.54, 1.807) is 0 Å². The summed E-state index contributed by atoms with van der Waals surface area (Å²) in [6, 6.07) is 6.68. The van der Waals surface area contributed by atoms with Gasteiger partial charge in [0.1, 0.15) is 0 Å². The summed E-state index contributed by atoms with van der Waals surface area (Å²) in [6.07, 6.45) is 3.90. The summed E-state index contributed by atoms with van der Waals surface area (Å²) in [6.45, 7) is 4.19. The van der Waals surface area contributed by atoms with Crippen molar-refractivity contribution in [2.45, 2.75) is 32.2 Å². The lowest BCUT2D eigenvalue weighted by atomic mass is 10.1. The fourth-order valence-electron chi connectivity index (χ4n) is 2.11. The van der Waals surface area contributed by atoms with Crippen LogP contribution in [0.15, 0.2) is 18.2 Å². The predicted octanol–water partition coefficient (Wildman–Crippen LogP) is 3.20. The highest BCUT2D eigenvalue weighted by atomic mass is 35.5. The van der Waals surface area contributed by atoms with E-state index in [0.717, 1.165) is 23.8 Å². The molecule has 1 aromatic carbocycles. The van der Waals surface area contributed by atoms with E-state index < -0.39 is 0 Å². The van der Waals surface area contributed by atoms with Crippen molar-refractivity contribution in [1.29, 1.82) is 0 Å². The second-order valence-electron chi connectivity index (χ2n) is 4.51. The second kappa shape index (κ2) is 5.55. The van der Waals surface area contributed by atoms with Crippen molar-refractivity contribution in [3.8, 4) is 0 Å². The number of hydrogen-bond donors (Lipinski definition) is 2. The van der Waals surface area contributed by atoms with E-state index in [1.807, 2.05) is 12.1 Å². The molecule has 0 radical (unpaired) electrons. The minimum atomic E-state index is 0.588. The van der Waals surface area contributed by atoms with Crippen LogP contribution in [-0.4, -0.2) is 19.1 Å². The molecule has 1 aromatic rings. The predicted molar refractivity (Wildman–Crippen MR) is 70.3 cm³/mol. The average Bonchev–Trinajstić information content (AvgIpc) is 2.32. The van der Waals surface area contributed by atoms with E-state index in [1.165, 1.54) is 24.8 Å². The van der Waals surface area contributed by atoms with Crippen molar-refractivity contribution >= 4 is 17.3 Å². The zero-order valence-electron chi connectivity index (χ0n) is 9.72. The molecule has 1 atom stereocenters. The molecule has 16 heavy (non-hydrogen) atoms. The highest BCUT2D eigenvalue weighted by molar-refractivity contribution is 6.33. The van der Waals surface area contributed by atoms with Crippen molar-refractivity contribution in [3.63, 3.8) is 0 Å². The minimum Gasteiger partial charge on any atom is -0.382 e. The van der Waals surface area contributed by atoms with Gasteiger partial charge in [-0.3, -0.25) is 0 Å². The molecule has 2 rings (SSSR count). The summed E-state index contributed by atoms with van der Waals surface area (Å²) < 4.78 is 0. The molecule has 2 N–H and O–H groups in total. The van der Waals surface area contributed by atoms with E-state index >= 15 is 0 Å². The lowest BCUT2D eigenvalue weighted by Crippen LogP contribution is -2.39. The Bertz CT molecular complexity index is 346. The number of halogens is 1. The van der Waals surface area contributed by atoms with Crippen LogP contribution in [0.2, 0.25) is 5.02 Å². The number of benzene rings is 1. The maximum atomic E-state index is 6.13. The molecule has 2 nitrogen and oxygen atoms in total. The molecule has 0 bridgehead atoms. The van der Waals surface area contributed by atoms with Gasteiger partial charge in [0.25, 0.3) is 0 Å². The standard InChI is InChI=1S/C13H19ClN2/c1-10-5-6-12(14)13(8-10)16-9-11-4-2-3-7-15-11/h5-6,8,11,15-16H,2-4,7,9H2,1H3. The minimum absolute atomic E-state index is 0.588. The first-order valence-corrected chi connectivity index (χ1v) is 6.37. The van der Waals surface area contributed by atoms with E-state index in [2.05, 4.69) is 23.6 Å². The maximum Gasteiger partial charge on any atom is 0.0637 e. The van der Waals surface area contributed by atoms with Crippen LogP contribution in [0, 0.1) is 6.92 Å². The van der Waals surface area contributed by atoms with Crippen molar-refractivity contribution in [1.82, 2.24) is 5.32 Å². The molecule has 0 amide bonds. The summed E-state index contributed by atoms with van der Waals surface area (Å²) in [4.78, 5) is 0. The quantitative estimate of drug-likeness (QED) is 0.845. The van der Waals surface area contributed by atoms with Crippen LogP contribution in [0.3, 0.4) is 0 Å². The highest BCUT2D eigenvalue weighted by Gasteiger charge is 2.12. The molecule has 0 saturated carbocycles. The Morgan fingerprint density at radius 2 is 2.31 bits per heavy atom. The first-order valence-electron chi connectivity index (χ1n) is 5.99. The van der Waals surface area contributed by atoms with Crippen LogP contribution in [0.4, 0.5) is 5.69 Å². The van der Waals surface area contributed by atoms with Gasteiger partial charge in [-0.25, -0.2) is 0 Å². The van der Waals surface area contributed by atoms with Gasteiger partial charge in [0.05, 0.1) is 10.7 Å². The topological polar surface area (TPSA) is 24.1 Å². The zero-order chi connectivity index (χ0) is 11.4. The summed E-state index contributed by atoms with van der Waals surface area (Å²) in [7, 11) is 0. The average molecular weight is 239 g/mol. The van der Waals surface area contributed by atoms with Crippen molar-refractivity contribution < 1.29 is 0 Å². The summed E-state index contributed by atoms with van der Waals surface area (Å²) in [5, 5.41) is 7.75. The molecule has 0 aliphatic carbocycles. The summed E-state index contributed by atoms with van der Waals surface area (Å²) in [5.41, 5.74) is 2.29. The van der Waals surface area contributed by atoms with Crippen LogP contribution >= 0.6 is 11.6 Å². The van der Waals surface area contributed by atoms with Gasteiger partial charge in [-0.1, -0.05) is 24.1 Å². The Balaban J connectivity index is 1.90. The Morgan fingerprint density at radius 1 is 1.44 bits per heavy atom. The maximum absolute atomic E-state index is 6.13. The molecular weight excluding hydrogens is 220 g/mol. The SMILES string of the molecule is Cc1ccc(Cl)c(NCC2CCCCN2)c1. The van der Waals surface area contributed by atoms with Crippen molar-refractivity contribution in [2.24, 2.45) is 0 Å². The van der Waals surface area contributed by atoms with Crippen LogP contribution in [0.5, 0.6) is 0 Å². The Morgan fingerprint density at radius 3 is 3.06 bits per heavy atom. The highest BCUT2D eigenvalue weighted by Crippen LogP contribution is 2.22. The smallest absolute Gasteiger partial charge is 0.0637 e. The summed E-state index contributed by atoms with van der Waals surface area (Å²) >= 11 is 6.13. The van der Waals surface area contributed by atoms with Crippen LogP contribution < -0.4 is 10.6 Å². The Labute approximate surface area is 102 Å².